The van der Waals surface area contributed by atoms with Crippen LogP contribution in [0.2, 0.25) is 0 Å². The van der Waals surface area contributed by atoms with Crippen LogP contribution in [0, 0.1) is 11.3 Å². The number of nitrogens with one attached hydrogen (secondary N) is 1. The Bertz CT molecular complexity index is 628. The zero-order valence-corrected chi connectivity index (χ0v) is 11.0. The number of pyridine rings is 1. The highest BCUT2D eigenvalue weighted by Crippen LogP contribution is 2.13. The summed E-state index contributed by atoms with van der Waals surface area (Å²) in [4.78, 5) is 16.0. The first-order valence-corrected chi connectivity index (χ1v) is 6.13. The van der Waals surface area contributed by atoms with Crippen molar-refractivity contribution in [3.05, 3.63) is 53.7 Å². The zero-order chi connectivity index (χ0) is 14.4. The van der Waals surface area contributed by atoms with Crippen molar-refractivity contribution in [2.75, 3.05) is 11.9 Å². The summed E-state index contributed by atoms with van der Waals surface area (Å²) in [6.45, 7) is 2.42. The number of rotatable bonds is 4. The molecule has 1 aromatic heterocycles. The number of amides is 1. The number of benzene rings is 1. The maximum absolute atomic E-state index is 12.0. The SMILES string of the molecule is CCOc1ccc(NC(=O)c2ccc(C#N)cc2)cn1. The molecule has 0 radical (unpaired) electrons. The standard InChI is InChI=1S/C15H13N3O2/c1-2-20-14-8-7-13(10-17-14)18-15(19)12-5-3-11(9-16)4-6-12/h3-8,10H,2H2,1H3,(H,18,19). The lowest BCUT2D eigenvalue weighted by atomic mass is 10.1. The third kappa shape index (κ3) is 3.33. The first-order valence-electron chi connectivity index (χ1n) is 6.13. The second kappa shape index (κ2) is 6.34. The van der Waals surface area contributed by atoms with E-state index in [0.717, 1.165) is 0 Å². The molecule has 1 N–H and O–H groups in total. The molecule has 5 heteroatoms. The predicted octanol–water partition coefficient (Wildman–Crippen LogP) is 2.60. The van der Waals surface area contributed by atoms with Crippen LogP contribution in [0.3, 0.4) is 0 Å². The van der Waals surface area contributed by atoms with Gasteiger partial charge in [0, 0.05) is 11.6 Å². The van der Waals surface area contributed by atoms with Gasteiger partial charge in [0.1, 0.15) is 0 Å². The molecule has 1 amide bonds. The van der Waals surface area contributed by atoms with Crippen molar-refractivity contribution in [3.63, 3.8) is 0 Å². The molecule has 20 heavy (non-hydrogen) atoms. The molecule has 0 saturated carbocycles. The normalized spacial score (nSPS) is 9.60. The molecule has 0 atom stereocenters. The fraction of sp³-hybridized carbons (Fsp3) is 0.133. The average Bonchev–Trinajstić information content (AvgIpc) is 2.49. The minimum absolute atomic E-state index is 0.250. The van der Waals surface area contributed by atoms with E-state index in [4.69, 9.17) is 10.00 Å². The molecule has 0 aliphatic carbocycles. The van der Waals surface area contributed by atoms with Gasteiger partial charge in [0.05, 0.1) is 30.1 Å². The van der Waals surface area contributed by atoms with Crippen LogP contribution in [0.25, 0.3) is 0 Å². The van der Waals surface area contributed by atoms with Crippen LogP contribution < -0.4 is 10.1 Å². The Morgan fingerprint density at radius 3 is 2.60 bits per heavy atom. The molecule has 2 rings (SSSR count). The van der Waals surface area contributed by atoms with Crippen molar-refractivity contribution in [2.45, 2.75) is 6.92 Å². The van der Waals surface area contributed by atoms with Gasteiger partial charge in [-0.3, -0.25) is 4.79 Å². The molecule has 2 aromatic rings. The summed E-state index contributed by atoms with van der Waals surface area (Å²) in [5.74, 6) is 0.268. The average molecular weight is 267 g/mol. The van der Waals surface area contributed by atoms with Crippen molar-refractivity contribution in [1.82, 2.24) is 4.98 Å². The van der Waals surface area contributed by atoms with Gasteiger partial charge >= 0.3 is 0 Å². The minimum atomic E-state index is -0.250. The fourth-order valence-electron chi connectivity index (χ4n) is 1.59. The number of ether oxygens (including phenoxy) is 1. The van der Waals surface area contributed by atoms with Crippen molar-refractivity contribution in [3.8, 4) is 11.9 Å². The van der Waals surface area contributed by atoms with Gasteiger partial charge in [-0.05, 0) is 37.3 Å². The smallest absolute Gasteiger partial charge is 0.255 e. The van der Waals surface area contributed by atoms with E-state index in [9.17, 15) is 4.79 Å². The summed E-state index contributed by atoms with van der Waals surface area (Å²) >= 11 is 0. The third-order valence-electron chi connectivity index (χ3n) is 2.56. The third-order valence-corrected chi connectivity index (χ3v) is 2.56. The Morgan fingerprint density at radius 2 is 2.05 bits per heavy atom. The number of aromatic nitrogens is 1. The van der Waals surface area contributed by atoms with Crippen molar-refractivity contribution >= 4 is 11.6 Å². The summed E-state index contributed by atoms with van der Waals surface area (Å²) in [6, 6.07) is 11.8. The molecular formula is C15H13N3O2. The van der Waals surface area contributed by atoms with Gasteiger partial charge in [-0.1, -0.05) is 0 Å². The Hall–Kier alpha value is -2.87. The van der Waals surface area contributed by atoms with E-state index in [1.54, 1.807) is 36.4 Å². The monoisotopic (exact) mass is 267 g/mol. The lowest BCUT2D eigenvalue weighted by Gasteiger charge is -2.06. The van der Waals surface area contributed by atoms with E-state index < -0.39 is 0 Å². The number of anilines is 1. The molecule has 0 aliphatic rings. The highest BCUT2D eigenvalue weighted by molar-refractivity contribution is 6.04. The van der Waals surface area contributed by atoms with Gasteiger partial charge in [-0.2, -0.15) is 5.26 Å². The Morgan fingerprint density at radius 1 is 1.30 bits per heavy atom. The number of carbonyl (C=O) groups is 1. The van der Waals surface area contributed by atoms with Gasteiger partial charge in [-0.25, -0.2) is 4.98 Å². The zero-order valence-electron chi connectivity index (χ0n) is 11.0. The molecule has 0 bridgehead atoms. The second-order valence-corrected chi connectivity index (χ2v) is 3.96. The van der Waals surface area contributed by atoms with E-state index in [-0.39, 0.29) is 5.91 Å². The van der Waals surface area contributed by atoms with Crippen LogP contribution in [-0.2, 0) is 0 Å². The molecule has 100 valence electrons. The Balaban J connectivity index is 2.05. The topological polar surface area (TPSA) is 75.0 Å². The van der Waals surface area contributed by atoms with E-state index in [2.05, 4.69) is 10.3 Å². The molecule has 0 spiro atoms. The first-order chi connectivity index (χ1) is 9.72. The van der Waals surface area contributed by atoms with Crippen LogP contribution in [0.1, 0.15) is 22.8 Å². The maximum atomic E-state index is 12.0. The molecule has 5 nitrogen and oxygen atoms in total. The molecule has 1 aromatic carbocycles. The highest BCUT2D eigenvalue weighted by atomic mass is 16.5. The Labute approximate surface area is 116 Å². The molecule has 1 heterocycles. The second-order valence-electron chi connectivity index (χ2n) is 3.96. The largest absolute Gasteiger partial charge is 0.478 e. The molecule has 0 fully saturated rings. The van der Waals surface area contributed by atoms with Crippen LogP contribution >= 0.6 is 0 Å². The summed E-state index contributed by atoms with van der Waals surface area (Å²) in [5.41, 5.74) is 1.59. The van der Waals surface area contributed by atoms with E-state index >= 15 is 0 Å². The predicted molar refractivity (Wildman–Crippen MR) is 74.5 cm³/mol. The van der Waals surface area contributed by atoms with Gasteiger partial charge in [-0.15, -0.1) is 0 Å². The van der Waals surface area contributed by atoms with E-state index in [1.165, 1.54) is 6.20 Å². The van der Waals surface area contributed by atoms with E-state index in [0.29, 0.717) is 29.3 Å². The van der Waals surface area contributed by atoms with Crippen LogP contribution in [-0.4, -0.2) is 17.5 Å². The van der Waals surface area contributed by atoms with Crippen LogP contribution in [0.4, 0.5) is 5.69 Å². The summed E-state index contributed by atoms with van der Waals surface area (Å²) < 4.78 is 5.22. The van der Waals surface area contributed by atoms with Crippen molar-refractivity contribution < 1.29 is 9.53 Å². The summed E-state index contributed by atoms with van der Waals surface area (Å²) in [7, 11) is 0. The summed E-state index contributed by atoms with van der Waals surface area (Å²) in [6.07, 6.45) is 1.53. The van der Waals surface area contributed by atoms with Gasteiger partial charge in [0.25, 0.3) is 5.91 Å². The molecular weight excluding hydrogens is 254 g/mol. The van der Waals surface area contributed by atoms with Crippen molar-refractivity contribution in [2.24, 2.45) is 0 Å². The molecule has 0 unspecified atom stereocenters. The van der Waals surface area contributed by atoms with Crippen LogP contribution in [0.15, 0.2) is 42.6 Å². The molecule has 0 saturated heterocycles. The number of nitriles is 1. The Kier molecular flexibility index (Phi) is 4.30. The number of nitrogens with zero attached hydrogens (tertiary/aromatic N) is 2. The maximum Gasteiger partial charge on any atom is 0.255 e. The first kappa shape index (κ1) is 13.6. The highest BCUT2D eigenvalue weighted by Gasteiger charge is 2.06. The minimum Gasteiger partial charge on any atom is -0.478 e. The lowest BCUT2D eigenvalue weighted by molar-refractivity contribution is 0.102. The van der Waals surface area contributed by atoms with E-state index in [1.807, 2.05) is 13.0 Å². The lowest BCUT2D eigenvalue weighted by Crippen LogP contribution is -2.12. The number of hydrogen-bond acceptors (Lipinski definition) is 4. The number of carbonyl (C=O) groups excluding carboxylic acids is 1. The number of hydrogen-bond donors (Lipinski definition) is 1. The van der Waals surface area contributed by atoms with Gasteiger partial charge in [0.15, 0.2) is 0 Å². The van der Waals surface area contributed by atoms with Gasteiger partial charge in [0.2, 0.25) is 5.88 Å². The quantitative estimate of drug-likeness (QED) is 0.923. The fourth-order valence-corrected chi connectivity index (χ4v) is 1.59. The summed E-state index contributed by atoms with van der Waals surface area (Å²) in [5, 5.41) is 11.4. The van der Waals surface area contributed by atoms with Crippen molar-refractivity contribution in [1.29, 1.82) is 5.26 Å². The van der Waals surface area contributed by atoms with Gasteiger partial charge < -0.3 is 10.1 Å². The van der Waals surface area contributed by atoms with Crippen LogP contribution in [0.5, 0.6) is 5.88 Å². The molecule has 0 aliphatic heterocycles.